The topological polar surface area (TPSA) is 93.5 Å². The van der Waals surface area contributed by atoms with Gasteiger partial charge < -0.3 is 15.1 Å². The number of amides is 3. The highest BCUT2D eigenvalue weighted by atomic mass is 16.2. The fourth-order valence-electron chi connectivity index (χ4n) is 2.18. The lowest BCUT2D eigenvalue weighted by Gasteiger charge is -2.33. The van der Waals surface area contributed by atoms with Crippen LogP contribution in [0.25, 0.3) is 0 Å². The van der Waals surface area contributed by atoms with E-state index in [9.17, 15) is 14.4 Å². The van der Waals surface area contributed by atoms with Crippen LogP contribution in [0.2, 0.25) is 0 Å². The summed E-state index contributed by atoms with van der Waals surface area (Å²) in [4.78, 5) is 38.3. The van der Waals surface area contributed by atoms with E-state index in [1.54, 1.807) is 29.2 Å². The number of nitrogens with zero attached hydrogens (tertiary/aromatic N) is 3. The number of nitrogens with one attached hydrogen (secondary N) is 1. The molecule has 1 aromatic carbocycles. The Labute approximate surface area is 128 Å². The molecule has 1 fully saturated rings. The van der Waals surface area contributed by atoms with Crippen molar-refractivity contribution in [2.75, 3.05) is 31.5 Å². The zero-order chi connectivity index (χ0) is 16.1. The van der Waals surface area contributed by atoms with E-state index in [0.717, 1.165) is 0 Å². The molecule has 0 bridgehead atoms. The van der Waals surface area contributed by atoms with E-state index in [1.165, 1.54) is 11.8 Å². The fraction of sp³-hybridized carbons (Fsp3) is 0.333. The van der Waals surface area contributed by atoms with Gasteiger partial charge in [-0.25, -0.2) is 0 Å². The number of carbonyl (C=O) groups is 3. The van der Waals surface area contributed by atoms with Crippen LogP contribution in [-0.2, 0) is 14.4 Å². The maximum Gasteiger partial charge on any atom is 0.313 e. The molecule has 1 saturated heterocycles. The average Bonchev–Trinajstić information content (AvgIpc) is 2.55. The third-order valence-electron chi connectivity index (χ3n) is 3.48. The molecule has 1 heterocycles. The van der Waals surface area contributed by atoms with E-state index >= 15 is 0 Å². The van der Waals surface area contributed by atoms with Crippen molar-refractivity contribution in [3.05, 3.63) is 29.8 Å². The first-order chi connectivity index (χ1) is 10.5. The van der Waals surface area contributed by atoms with Crippen molar-refractivity contribution in [2.45, 2.75) is 6.92 Å². The number of rotatable bonds is 1. The fourth-order valence-corrected chi connectivity index (χ4v) is 2.18. The largest absolute Gasteiger partial charge is 0.339 e. The first kappa shape index (κ1) is 15.5. The lowest BCUT2D eigenvalue weighted by Crippen LogP contribution is -2.52. The van der Waals surface area contributed by atoms with Gasteiger partial charge in [0, 0.05) is 38.8 Å². The molecule has 0 spiro atoms. The number of hydrogen-bond acceptors (Lipinski definition) is 4. The quantitative estimate of drug-likeness (QED) is 0.749. The van der Waals surface area contributed by atoms with Crippen LogP contribution in [0.1, 0.15) is 12.5 Å². The molecule has 1 aliphatic rings. The Morgan fingerprint density at radius 2 is 1.59 bits per heavy atom. The van der Waals surface area contributed by atoms with Crippen LogP contribution < -0.4 is 5.32 Å². The molecular weight excluding hydrogens is 284 g/mol. The standard InChI is InChI=1S/C15H16N4O3/c1-11(20)18-6-8-19(9-7-18)15(22)14(21)17-13-4-2-12(10-16)3-5-13/h2-5H,6-9H2,1H3,(H,17,21). The van der Waals surface area contributed by atoms with E-state index in [2.05, 4.69) is 5.32 Å². The van der Waals surface area contributed by atoms with Crippen molar-refractivity contribution in [1.82, 2.24) is 9.80 Å². The van der Waals surface area contributed by atoms with E-state index in [0.29, 0.717) is 37.4 Å². The lowest BCUT2D eigenvalue weighted by atomic mass is 10.2. The van der Waals surface area contributed by atoms with Crippen LogP contribution in [-0.4, -0.2) is 53.7 Å². The third kappa shape index (κ3) is 3.61. The van der Waals surface area contributed by atoms with Gasteiger partial charge in [-0.05, 0) is 24.3 Å². The summed E-state index contributed by atoms with van der Waals surface area (Å²) in [7, 11) is 0. The number of nitriles is 1. The van der Waals surface area contributed by atoms with Crippen LogP contribution in [0, 0.1) is 11.3 Å². The first-order valence-electron chi connectivity index (χ1n) is 6.87. The molecule has 7 heteroatoms. The number of piperazine rings is 1. The highest BCUT2D eigenvalue weighted by Gasteiger charge is 2.26. The van der Waals surface area contributed by atoms with Crippen molar-refractivity contribution in [2.24, 2.45) is 0 Å². The molecule has 2 rings (SSSR count). The van der Waals surface area contributed by atoms with Gasteiger partial charge in [0.25, 0.3) is 0 Å². The van der Waals surface area contributed by atoms with Crippen LogP contribution in [0.5, 0.6) is 0 Å². The summed E-state index contributed by atoms with van der Waals surface area (Å²) in [6, 6.07) is 8.23. The van der Waals surface area contributed by atoms with E-state index < -0.39 is 11.8 Å². The van der Waals surface area contributed by atoms with Gasteiger partial charge in [-0.1, -0.05) is 0 Å². The third-order valence-corrected chi connectivity index (χ3v) is 3.48. The molecule has 3 amide bonds. The summed E-state index contributed by atoms with van der Waals surface area (Å²) >= 11 is 0. The number of hydrogen-bond donors (Lipinski definition) is 1. The lowest BCUT2D eigenvalue weighted by molar-refractivity contribution is -0.145. The Hall–Kier alpha value is -2.88. The molecule has 114 valence electrons. The zero-order valence-corrected chi connectivity index (χ0v) is 12.2. The van der Waals surface area contributed by atoms with Gasteiger partial charge in [-0.3, -0.25) is 14.4 Å². The van der Waals surface area contributed by atoms with Crippen LogP contribution in [0.15, 0.2) is 24.3 Å². The van der Waals surface area contributed by atoms with Gasteiger partial charge in [0.2, 0.25) is 5.91 Å². The van der Waals surface area contributed by atoms with Crippen molar-refractivity contribution in [3.8, 4) is 6.07 Å². The van der Waals surface area contributed by atoms with Crippen molar-refractivity contribution >= 4 is 23.4 Å². The van der Waals surface area contributed by atoms with E-state index in [4.69, 9.17) is 5.26 Å². The number of carbonyl (C=O) groups excluding carboxylic acids is 3. The highest BCUT2D eigenvalue weighted by molar-refractivity contribution is 6.39. The van der Waals surface area contributed by atoms with Gasteiger partial charge >= 0.3 is 11.8 Å². The Balaban J connectivity index is 1.91. The Morgan fingerprint density at radius 3 is 2.09 bits per heavy atom. The Bertz CT molecular complexity index is 625. The second kappa shape index (κ2) is 6.72. The van der Waals surface area contributed by atoms with Crippen LogP contribution in [0.3, 0.4) is 0 Å². The molecular formula is C15H16N4O3. The highest BCUT2D eigenvalue weighted by Crippen LogP contribution is 2.10. The molecule has 0 saturated carbocycles. The number of anilines is 1. The molecule has 0 aromatic heterocycles. The van der Waals surface area contributed by atoms with Crippen LogP contribution >= 0.6 is 0 Å². The predicted octanol–water partition coefficient (Wildman–Crippen LogP) is 0.187. The minimum atomic E-state index is -0.721. The van der Waals surface area contributed by atoms with E-state index in [1.807, 2.05) is 6.07 Å². The summed E-state index contributed by atoms with van der Waals surface area (Å²) < 4.78 is 0. The summed E-state index contributed by atoms with van der Waals surface area (Å²) in [5.74, 6) is -1.37. The second-order valence-electron chi connectivity index (χ2n) is 4.94. The minimum absolute atomic E-state index is 0.0332. The smallest absolute Gasteiger partial charge is 0.313 e. The summed E-state index contributed by atoms with van der Waals surface area (Å²) in [6.07, 6.45) is 0. The molecule has 0 atom stereocenters. The van der Waals surface area contributed by atoms with Gasteiger partial charge in [-0.15, -0.1) is 0 Å². The average molecular weight is 300 g/mol. The molecule has 0 unspecified atom stereocenters. The van der Waals surface area contributed by atoms with Gasteiger partial charge in [-0.2, -0.15) is 5.26 Å². The summed E-state index contributed by atoms with van der Waals surface area (Å²) in [5.41, 5.74) is 0.935. The maximum atomic E-state index is 12.1. The minimum Gasteiger partial charge on any atom is -0.339 e. The Morgan fingerprint density at radius 1 is 1.05 bits per heavy atom. The molecule has 1 aromatic rings. The molecule has 22 heavy (non-hydrogen) atoms. The van der Waals surface area contributed by atoms with E-state index in [-0.39, 0.29) is 5.91 Å². The molecule has 0 aliphatic carbocycles. The van der Waals surface area contributed by atoms with Crippen molar-refractivity contribution in [3.63, 3.8) is 0 Å². The molecule has 0 radical (unpaired) electrons. The maximum absolute atomic E-state index is 12.1. The van der Waals surface area contributed by atoms with Gasteiger partial charge in [0.05, 0.1) is 11.6 Å². The first-order valence-corrected chi connectivity index (χ1v) is 6.87. The molecule has 1 aliphatic heterocycles. The van der Waals surface area contributed by atoms with Gasteiger partial charge in [0.1, 0.15) is 0 Å². The zero-order valence-electron chi connectivity index (χ0n) is 12.2. The molecule has 1 N–H and O–H groups in total. The predicted molar refractivity (Wildman–Crippen MR) is 78.6 cm³/mol. The second-order valence-corrected chi connectivity index (χ2v) is 4.94. The van der Waals surface area contributed by atoms with Crippen molar-refractivity contribution < 1.29 is 14.4 Å². The normalized spacial score (nSPS) is 14.2. The Kier molecular flexibility index (Phi) is 4.73. The molecule has 7 nitrogen and oxygen atoms in total. The summed E-state index contributed by atoms with van der Waals surface area (Å²) in [6.45, 7) is 3.05. The monoisotopic (exact) mass is 300 g/mol. The van der Waals surface area contributed by atoms with Crippen molar-refractivity contribution in [1.29, 1.82) is 5.26 Å². The van der Waals surface area contributed by atoms with Crippen LogP contribution in [0.4, 0.5) is 5.69 Å². The van der Waals surface area contributed by atoms with Gasteiger partial charge in [0.15, 0.2) is 0 Å². The SMILES string of the molecule is CC(=O)N1CCN(C(=O)C(=O)Nc2ccc(C#N)cc2)CC1. The number of benzene rings is 1. The summed E-state index contributed by atoms with van der Waals surface area (Å²) in [5, 5.41) is 11.2.